The van der Waals surface area contributed by atoms with Gasteiger partial charge in [0.1, 0.15) is 18.1 Å². The molecule has 1 heterocycles. The number of nitrogens with one attached hydrogen (secondary N) is 4. The molecule has 2 rings (SSSR count). The fourth-order valence-corrected chi connectivity index (χ4v) is 3.80. The number of aromatic nitrogens is 2. The summed E-state index contributed by atoms with van der Waals surface area (Å²) in [7, 11) is 0. The lowest BCUT2D eigenvalue weighted by atomic mass is 10.1. The highest BCUT2D eigenvalue weighted by molar-refractivity contribution is 7.80. The van der Waals surface area contributed by atoms with Crippen LogP contribution in [0.15, 0.2) is 47.8 Å². The van der Waals surface area contributed by atoms with E-state index in [1.165, 1.54) is 12.5 Å². The average Bonchev–Trinajstić information content (AvgIpc) is 3.42. The Balaban J connectivity index is 2.05. The van der Waals surface area contributed by atoms with Crippen LogP contribution in [0, 0.1) is 0 Å². The summed E-state index contributed by atoms with van der Waals surface area (Å²) in [5.41, 5.74) is 17.8. The monoisotopic (exact) mass is 561 g/mol. The third kappa shape index (κ3) is 11.0. The molecule has 0 saturated carbocycles. The smallest absolute Gasteiger partial charge is 0.326 e. The van der Waals surface area contributed by atoms with Crippen molar-refractivity contribution in [1.29, 1.82) is 0 Å². The summed E-state index contributed by atoms with van der Waals surface area (Å²) in [5, 5.41) is 17.2. The first-order chi connectivity index (χ1) is 18.6. The minimum absolute atomic E-state index is 0.0327. The number of guanidine groups is 1. The van der Waals surface area contributed by atoms with E-state index >= 15 is 0 Å². The Bertz CT molecular complexity index is 1110. The maximum absolute atomic E-state index is 13.2. The second kappa shape index (κ2) is 16.0. The van der Waals surface area contributed by atoms with E-state index in [0.29, 0.717) is 24.2 Å². The van der Waals surface area contributed by atoms with Gasteiger partial charge in [-0.3, -0.25) is 19.4 Å². The van der Waals surface area contributed by atoms with Crippen LogP contribution in [-0.2, 0) is 32.0 Å². The van der Waals surface area contributed by atoms with Crippen LogP contribution < -0.4 is 33.2 Å². The number of hydrogen-bond acceptors (Lipinski definition) is 8. The van der Waals surface area contributed by atoms with Gasteiger partial charge in [-0.15, -0.1) is 0 Å². The van der Waals surface area contributed by atoms with Gasteiger partial charge in [0.2, 0.25) is 17.7 Å². The number of hydrogen-bond donors (Lipinski definition) is 9. The molecule has 0 fully saturated rings. The number of carboxylic acid groups (broad SMARTS) is 1. The second-order valence-corrected chi connectivity index (χ2v) is 9.10. The van der Waals surface area contributed by atoms with E-state index in [9.17, 15) is 24.3 Å². The molecule has 3 amide bonds. The molecule has 1 aromatic heterocycles. The van der Waals surface area contributed by atoms with Crippen molar-refractivity contribution in [3.8, 4) is 0 Å². The van der Waals surface area contributed by atoms with E-state index < -0.39 is 47.9 Å². The summed E-state index contributed by atoms with van der Waals surface area (Å²) in [6, 6.07) is 4.36. The summed E-state index contributed by atoms with van der Waals surface area (Å²) >= 11 is 4.15. The fourth-order valence-electron chi connectivity index (χ4n) is 3.54. The van der Waals surface area contributed by atoms with Crippen LogP contribution in [0.4, 0.5) is 0 Å². The lowest BCUT2D eigenvalue weighted by Gasteiger charge is -2.24. The number of nitrogens with two attached hydrogens (primary N) is 3. The number of carboxylic acids is 1. The van der Waals surface area contributed by atoms with E-state index in [1.54, 1.807) is 30.3 Å². The molecular formula is C24H35N9O5S. The van der Waals surface area contributed by atoms with Gasteiger partial charge in [0.25, 0.3) is 0 Å². The zero-order valence-corrected chi connectivity index (χ0v) is 22.1. The van der Waals surface area contributed by atoms with Gasteiger partial charge in [-0.1, -0.05) is 30.3 Å². The molecule has 0 bridgehead atoms. The van der Waals surface area contributed by atoms with E-state index in [1.807, 2.05) is 0 Å². The number of imidazole rings is 1. The zero-order chi connectivity index (χ0) is 28.8. The number of amides is 3. The molecule has 39 heavy (non-hydrogen) atoms. The number of carbonyl (C=O) groups is 4. The third-order valence-corrected chi connectivity index (χ3v) is 5.99. The van der Waals surface area contributed by atoms with Gasteiger partial charge >= 0.3 is 5.97 Å². The fraction of sp³-hybridized carbons (Fsp3) is 0.417. The minimum atomic E-state index is -1.23. The Morgan fingerprint density at radius 2 is 1.62 bits per heavy atom. The first-order valence-electron chi connectivity index (χ1n) is 12.2. The highest BCUT2D eigenvalue weighted by Crippen LogP contribution is 2.06. The normalized spacial score (nSPS) is 13.8. The first kappa shape index (κ1) is 31.1. The van der Waals surface area contributed by atoms with Crippen LogP contribution in [0.25, 0.3) is 0 Å². The number of carbonyl (C=O) groups excluding carboxylic acids is 3. The quantitative estimate of drug-likeness (QED) is 0.0477. The highest BCUT2D eigenvalue weighted by Gasteiger charge is 2.30. The predicted molar refractivity (Wildman–Crippen MR) is 148 cm³/mol. The van der Waals surface area contributed by atoms with Gasteiger partial charge in [-0.25, -0.2) is 9.78 Å². The standard InChI is InChI=1S/C24H35N9O5S/c25-16(7-4-8-29-24(26)27)20(34)31-17(10-15-11-28-13-30-15)21(35)33-19(12-39)22(36)32-18(23(37)38)9-14-5-2-1-3-6-14/h1-3,5-6,11,13,16-19,39H,4,7-10,12,25H2,(H,28,30)(H,31,34)(H,32,36)(H,33,35)(H,37,38)(H4,26,27,29). The zero-order valence-electron chi connectivity index (χ0n) is 21.2. The lowest BCUT2D eigenvalue weighted by Crippen LogP contribution is -2.58. The number of aromatic amines is 1. The van der Waals surface area contributed by atoms with Gasteiger partial charge in [-0.05, 0) is 18.4 Å². The molecule has 14 nitrogen and oxygen atoms in total. The van der Waals surface area contributed by atoms with Crippen LogP contribution in [0.3, 0.4) is 0 Å². The van der Waals surface area contributed by atoms with Gasteiger partial charge in [-0.2, -0.15) is 12.6 Å². The molecule has 15 heteroatoms. The Morgan fingerprint density at radius 1 is 0.974 bits per heavy atom. The summed E-state index contributed by atoms with van der Waals surface area (Å²) in [4.78, 5) is 61.1. The second-order valence-electron chi connectivity index (χ2n) is 8.73. The Morgan fingerprint density at radius 3 is 2.21 bits per heavy atom. The van der Waals surface area contributed by atoms with Crippen molar-refractivity contribution < 1.29 is 24.3 Å². The van der Waals surface area contributed by atoms with Crippen molar-refractivity contribution in [1.82, 2.24) is 25.9 Å². The van der Waals surface area contributed by atoms with E-state index in [2.05, 4.69) is 43.5 Å². The molecule has 0 aliphatic heterocycles. The van der Waals surface area contributed by atoms with Crippen molar-refractivity contribution in [2.75, 3.05) is 12.3 Å². The van der Waals surface area contributed by atoms with Gasteiger partial charge < -0.3 is 43.2 Å². The van der Waals surface area contributed by atoms with Crippen molar-refractivity contribution in [2.24, 2.45) is 22.2 Å². The molecule has 0 aliphatic rings. The van der Waals surface area contributed by atoms with Crippen LogP contribution in [0.1, 0.15) is 24.1 Å². The molecule has 2 aromatic rings. The van der Waals surface area contributed by atoms with Gasteiger partial charge in [0.05, 0.1) is 12.4 Å². The van der Waals surface area contributed by atoms with E-state index in [-0.39, 0.29) is 31.0 Å². The number of nitrogens with zero attached hydrogens (tertiary/aromatic N) is 2. The number of benzene rings is 1. The molecule has 4 unspecified atom stereocenters. The summed E-state index contributed by atoms with van der Waals surface area (Å²) in [5.74, 6) is -3.42. The molecule has 0 saturated heterocycles. The number of thiol groups is 1. The van der Waals surface area contributed by atoms with Crippen molar-refractivity contribution in [3.63, 3.8) is 0 Å². The third-order valence-electron chi connectivity index (χ3n) is 5.63. The van der Waals surface area contributed by atoms with Crippen LogP contribution in [0.2, 0.25) is 0 Å². The van der Waals surface area contributed by atoms with Gasteiger partial charge in [0, 0.05) is 37.0 Å². The van der Waals surface area contributed by atoms with Gasteiger partial charge in [0.15, 0.2) is 5.96 Å². The molecule has 212 valence electrons. The average molecular weight is 562 g/mol. The van der Waals surface area contributed by atoms with Crippen molar-refractivity contribution in [2.45, 2.75) is 49.9 Å². The van der Waals surface area contributed by atoms with Crippen LogP contribution >= 0.6 is 12.6 Å². The largest absolute Gasteiger partial charge is 0.480 e. The Hall–Kier alpha value is -4.11. The Labute approximate surface area is 231 Å². The topological polar surface area (TPSA) is 244 Å². The summed E-state index contributed by atoms with van der Waals surface area (Å²) < 4.78 is 0. The maximum atomic E-state index is 13.2. The Kier molecular flexibility index (Phi) is 12.8. The predicted octanol–water partition coefficient (Wildman–Crippen LogP) is -1.96. The van der Waals surface area contributed by atoms with Crippen LogP contribution in [-0.4, -0.2) is 81.2 Å². The number of aliphatic carboxylic acids is 1. The van der Waals surface area contributed by atoms with Crippen molar-refractivity contribution >= 4 is 42.3 Å². The molecule has 4 atom stereocenters. The number of H-pyrrole nitrogens is 1. The van der Waals surface area contributed by atoms with E-state index in [4.69, 9.17) is 17.2 Å². The molecule has 1 aromatic carbocycles. The number of rotatable bonds is 16. The van der Waals surface area contributed by atoms with E-state index in [0.717, 1.165) is 0 Å². The first-order valence-corrected chi connectivity index (χ1v) is 12.8. The minimum Gasteiger partial charge on any atom is -0.480 e. The number of aliphatic imine (C=N–C) groups is 1. The SMILES string of the molecule is NC(N)=NCCCC(N)C(=O)NC(Cc1cnc[nH]1)C(=O)NC(CS)C(=O)NC(Cc1ccccc1)C(=O)O. The van der Waals surface area contributed by atoms with Crippen LogP contribution in [0.5, 0.6) is 0 Å². The maximum Gasteiger partial charge on any atom is 0.326 e. The molecule has 0 spiro atoms. The molecule has 11 N–H and O–H groups in total. The molecule has 0 aliphatic carbocycles. The highest BCUT2D eigenvalue weighted by atomic mass is 32.1. The summed E-state index contributed by atoms with van der Waals surface area (Å²) in [6.45, 7) is 0.293. The molecular weight excluding hydrogens is 526 g/mol. The summed E-state index contributed by atoms with van der Waals surface area (Å²) in [6.07, 6.45) is 3.70. The van der Waals surface area contributed by atoms with Crippen molar-refractivity contribution in [3.05, 3.63) is 54.1 Å². The molecule has 0 radical (unpaired) electrons. The lowest BCUT2D eigenvalue weighted by molar-refractivity contribution is -0.142.